The van der Waals surface area contributed by atoms with E-state index in [1.54, 1.807) is 30.3 Å². The monoisotopic (exact) mass is 403 g/mol. The fourth-order valence-corrected chi connectivity index (χ4v) is 3.35. The van der Waals surface area contributed by atoms with Crippen molar-refractivity contribution in [2.45, 2.75) is 24.1 Å². The van der Waals surface area contributed by atoms with Crippen LogP contribution in [0.15, 0.2) is 40.3 Å². The van der Waals surface area contributed by atoms with Crippen LogP contribution >= 0.6 is 11.8 Å². The van der Waals surface area contributed by atoms with Gasteiger partial charge in [0, 0.05) is 18.7 Å². The quantitative estimate of drug-likeness (QED) is 0.399. The lowest BCUT2D eigenvalue weighted by molar-refractivity contribution is -0.119. The van der Waals surface area contributed by atoms with Crippen LogP contribution in [0.1, 0.15) is 23.2 Å². The molecule has 148 valence electrons. The van der Waals surface area contributed by atoms with Crippen LogP contribution in [0, 0.1) is 0 Å². The van der Waals surface area contributed by atoms with Crippen molar-refractivity contribution in [3.63, 3.8) is 0 Å². The predicted octanol–water partition coefficient (Wildman–Crippen LogP) is 0.992. The minimum atomic E-state index is -0.584. The Morgan fingerprint density at radius 2 is 2.11 bits per heavy atom. The molecule has 0 unspecified atom stereocenters. The molecule has 1 aliphatic heterocycles. The van der Waals surface area contributed by atoms with E-state index in [4.69, 9.17) is 10.5 Å². The van der Waals surface area contributed by atoms with Crippen molar-refractivity contribution in [1.82, 2.24) is 15.3 Å². The van der Waals surface area contributed by atoms with E-state index in [-0.39, 0.29) is 34.4 Å². The molecule has 0 saturated carbocycles. The Bertz CT molecular complexity index is 897. The average molecular weight is 403 g/mol. The summed E-state index contributed by atoms with van der Waals surface area (Å²) in [6, 6.07) is 8.44. The van der Waals surface area contributed by atoms with Crippen LogP contribution in [0.2, 0.25) is 0 Å². The molecule has 0 spiro atoms. The second-order valence-electron chi connectivity index (χ2n) is 6.18. The molecule has 10 heteroatoms. The summed E-state index contributed by atoms with van der Waals surface area (Å²) in [5, 5.41) is 5.45. The number of amides is 2. The van der Waals surface area contributed by atoms with Gasteiger partial charge in [0.2, 0.25) is 5.91 Å². The smallest absolute Gasteiger partial charge is 0.277 e. The number of anilines is 2. The molecule has 2 amide bonds. The zero-order valence-electron chi connectivity index (χ0n) is 15.1. The molecule has 28 heavy (non-hydrogen) atoms. The van der Waals surface area contributed by atoms with E-state index >= 15 is 0 Å². The number of hydrogen-bond donors (Lipinski definition) is 4. The Kier molecular flexibility index (Phi) is 6.66. The van der Waals surface area contributed by atoms with Crippen LogP contribution in [-0.2, 0) is 9.53 Å². The molecule has 1 aromatic carbocycles. The first-order chi connectivity index (χ1) is 13.5. The molecular weight excluding hydrogens is 382 g/mol. The third kappa shape index (κ3) is 5.33. The molecule has 3 rings (SSSR count). The van der Waals surface area contributed by atoms with Crippen molar-refractivity contribution in [1.29, 1.82) is 0 Å². The number of aromatic amines is 1. The molecule has 1 fully saturated rings. The second-order valence-corrected chi connectivity index (χ2v) is 7.14. The molecule has 1 atom stereocenters. The highest BCUT2D eigenvalue weighted by Gasteiger charge is 2.17. The number of carbonyl (C=O) groups is 2. The molecule has 1 aromatic heterocycles. The number of rotatable bonds is 7. The van der Waals surface area contributed by atoms with Crippen LogP contribution < -0.4 is 21.9 Å². The number of thioether (sulfide) groups is 1. The second kappa shape index (κ2) is 9.38. The summed E-state index contributed by atoms with van der Waals surface area (Å²) in [5.74, 6) is -0.697. The minimum Gasteiger partial charge on any atom is -0.382 e. The van der Waals surface area contributed by atoms with E-state index < -0.39 is 11.5 Å². The summed E-state index contributed by atoms with van der Waals surface area (Å²) in [6.07, 6.45) is 2.01. The molecule has 0 bridgehead atoms. The fourth-order valence-electron chi connectivity index (χ4n) is 2.65. The van der Waals surface area contributed by atoms with Crippen LogP contribution in [-0.4, -0.2) is 46.8 Å². The van der Waals surface area contributed by atoms with Gasteiger partial charge in [-0.1, -0.05) is 30.0 Å². The Balaban J connectivity index is 1.56. The maximum Gasteiger partial charge on any atom is 0.277 e. The minimum absolute atomic E-state index is 0.0648. The number of H-pyrrole nitrogens is 1. The topological polar surface area (TPSA) is 139 Å². The standard InChI is InChI=1S/C18H21N5O4S/c19-15-14(21-16(25)11-5-2-1-3-6-11)17(26)23-18(22-15)28-10-13(24)20-9-12-7-4-8-27-12/h1-3,5-6,12H,4,7-10H2,(H,20,24)(H,21,25)(H3,19,22,23,26)/t12-/m1/s1. The van der Waals surface area contributed by atoms with E-state index in [0.29, 0.717) is 12.1 Å². The molecule has 0 aliphatic carbocycles. The lowest BCUT2D eigenvalue weighted by Gasteiger charge is -2.11. The van der Waals surface area contributed by atoms with Crippen LogP contribution in [0.4, 0.5) is 11.5 Å². The number of benzene rings is 1. The van der Waals surface area contributed by atoms with Gasteiger partial charge >= 0.3 is 0 Å². The third-order valence-electron chi connectivity index (χ3n) is 4.09. The zero-order valence-corrected chi connectivity index (χ0v) is 15.9. The number of nitrogens with two attached hydrogens (primary N) is 1. The Morgan fingerprint density at radius 1 is 1.32 bits per heavy atom. The number of nitrogen functional groups attached to an aromatic ring is 1. The number of ether oxygens (including phenoxy) is 1. The molecule has 1 saturated heterocycles. The summed E-state index contributed by atoms with van der Waals surface area (Å²) < 4.78 is 5.44. The third-order valence-corrected chi connectivity index (χ3v) is 4.96. The average Bonchev–Trinajstić information content (AvgIpc) is 3.21. The number of hydrogen-bond acceptors (Lipinski definition) is 7. The van der Waals surface area contributed by atoms with Crippen LogP contribution in [0.5, 0.6) is 0 Å². The van der Waals surface area contributed by atoms with Gasteiger partial charge in [-0.25, -0.2) is 4.98 Å². The molecule has 1 aliphatic rings. The number of nitrogens with zero attached hydrogens (tertiary/aromatic N) is 1. The Labute approximate surface area is 165 Å². The van der Waals surface area contributed by atoms with Crippen molar-refractivity contribution >= 4 is 35.1 Å². The van der Waals surface area contributed by atoms with Crippen molar-refractivity contribution < 1.29 is 14.3 Å². The van der Waals surface area contributed by atoms with Crippen molar-refractivity contribution in [2.75, 3.05) is 30.0 Å². The van der Waals surface area contributed by atoms with E-state index in [1.165, 1.54) is 0 Å². The highest BCUT2D eigenvalue weighted by atomic mass is 32.2. The van der Waals surface area contributed by atoms with Crippen molar-refractivity contribution in [3.05, 3.63) is 46.2 Å². The van der Waals surface area contributed by atoms with E-state index in [2.05, 4.69) is 20.6 Å². The largest absolute Gasteiger partial charge is 0.382 e. The van der Waals surface area contributed by atoms with Gasteiger partial charge in [-0.2, -0.15) is 0 Å². The Hall–Kier alpha value is -2.85. The van der Waals surface area contributed by atoms with E-state index in [9.17, 15) is 14.4 Å². The molecule has 2 aromatic rings. The number of carbonyl (C=O) groups excluding carboxylic acids is 2. The van der Waals surface area contributed by atoms with E-state index in [1.807, 2.05) is 0 Å². The molecule has 9 nitrogen and oxygen atoms in total. The summed E-state index contributed by atoms with van der Waals surface area (Å²) in [5.41, 5.74) is 5.50. The van der Waals surface area contributed by atoms with Gasteiger partial charge in [-0.3, -0.25) is 19.4 Å². The lowest BCUT2D eigenvalue weighted by atomic mass is 10.2. The molecular formula is C18H21N5O4S. The number of aromatic nitrogens is 2. The molecule has 0 radical (unpaired) electrons. The summed E-state index contributed by atoms with van der Waals surface area (Å²) in [7, 11) is 0. The van der Waals surface area contributed by atoms with Gasteiger partial charge in [0.05, 0.1) is 11.9 Å². The normalized spacial score (nSPS) is 15.9. The molecule has 5 N–H and O–H groups in total. The van der Waals surface area contributed by atoms with Crippen molar-refractivity contribution in [2.24, 2.45) is 0 Å². The SMILES string of the molecule is Nc1nc(SCC(=O)NC[C@H]2CCCO2)[nH]c(=O)c1NC(=O)c1ccccc1. The zero-order chi connectivity index (χ0) is 19.9. The highest BCUT2D eigenvalue weighted by molar-refractivity contribution is 7.99. The summed E-state index contributed by atoms with van der Waals surface area (Å²) in [4.78, 5) is 42.9. The maximum atomic E-state index is 12.3. The number of nitrogens with one attached hydrogen (secondary N) is 3. The van der Waals surface area contributed by atoms with Gasteiger partial charge in [0.15, 0.2) is 11.0 Å². The molecule has 2 heterocycles. The first-order valence-electron chi connectivity index (χ1n) is 8.80. The Morgan fingerprint density at radius 3 is 2.79 bits per heavy atom. The van der Waals surface area contributed by atoms with Gasteiger partial charge in [0.1, 0.15) is 5.69 Å². The maximum absolute atomic E-state index is 12.3. The fraction of sp³-hybridized carbons (Fsp3) is 0.333. The van der Waals surface area contributed by atoms with Crippen molar-refractivity contribution in [3.8, 4) is 0 Å². The summed E-state index contributed by atoms with van der Waals surface area (Å²) >= 11 is 1.05. The highest BCUT2D eigenvalue weighted by Crippen LogP contribution is 2.17. The lowest BCUT2D eigenvalue weighted by Crippen LogP contribution is -2.33. The van der Waals surface area contributed by atoms with Gasteiger partial charge < -0.3 is 21.1 Å². The van der Waals surface area contributed by atoms with Gasteiger partial charge in [0.25, 0.3) is 11.5 Å². The van der Waals surface area contributed by atoms with Gasteiger partial charge in [-0.15, -0.1) is 0 Å². The first-order valence-corrected chi connectivity index (χ1v) is 9.79. The van der Waals surface area contributed by atoms with E-state index in [0.717, 1.165) is 31.2 Å². The van der Waals surface area contributed by atoms with Gasteiger partial charge in [-0.05, 0) is 25.0 Å². The first kappa shape index (κ1) is 19.9. The predicted molar refractivity (Wildman–Crippen MR) is 106 cm³/mol. The van der Waals surface area contributed by atoms with Crippen LogP contribution in [0.3, 0.4) is 0 Å². The summed E-state index contributed by atoms with van der Waals surface area (Å²) in [6.45, 7) is 1.20. The van der Waals surface area contributed by atoms with Crippen LogP contribution in [0.25, 0.3) is 0 Å².